The molecule has 3 aromatic rings. The quantitative estimate of drug-likeness (QED) is 0.355. The van der Waals surface area contributed by atoms with E-state index in [-0.39, 0.29) is 16.6 Å². The van der Waals surface area contributed by atoms with Crippen LogP contribution >= 0.6 is 23.8 Å². The second-order valence-corrected chi connectivity index (χ2v) is 7.91. The lowest BCUT2D eigenvalue weighted by Crippen LogP contribution is -2.40. The number of esters is 1. The largest absolute Gasteiger partial charge is 0.496 e. The number of hydrogen-bond acceptors (Lipinski definition) is 7. The summed E-state index contributed by atoms with van der Waals surface area (Å²) < 4.78 is 16.1. The van der Waals surface area contributed by atoms with E-state index >= 15 is 0 Å². The number of thiocarbonyl (C=S) groups is 1. The number of methoxy groups -OCH3 is 1. The van der Waals surface area contributed by atoms with Crippen molar-refractivity contribution in [2.75, 3.05) is 19.0 Å². The molecule has 0 radical (unpaired) electrons. The van der Waals surface area contributed by atoms with Crippen LogP contribution in [0.2, 0.25) is 5.02 Å². The maximum atomic E-state index is 11.8. The van der Waals surface area contributed by atoms with Gasteiger partial charge in [0, 0.05) is 30.1 Å². The van der Waals surface area contributed by atoms with Gasteiger partial charge in [-0.15, -0.1) is 0 Å². The summed E-state index contributed by atoms with van der Waals surface area (Å²) in [5.41, 5.74) is 6.79. The summed E-state index contributed by atoms with van der Waals surface area (Å²) in [5.74, 6) is 0.272. The van der Waals surface area contributed by atoms with Gasteiger partial charge in [-0.05, 0) is 36.5 Å². The Morgan fingerprint density at radius 1 is 1.27 bits per heavy atom. The molecular formula is C22H19ClN4O5S. The number of amides is 1. The number of aromatic nitrogens is 1. The number of cyclic esters (lactones) is 1. The van der Waals surface area contributed by atoms with Crippen LogP contribution in [0.5, 0.6) is 17.2 Å². The molecule has 1 aliphatic rings. The molecule has 0 aliphatic carbocycles. The highest BCUT2D eigenvalue weighted by Gasteiger charge is 2.27. The van der Waals surface area contributed by atoms with Crippen LogP contribution in [0.3, 0.4) is 0 Å². The molecule has 11 heteroatoms. The zero-order valence-corrected chi connectivity index (χ0v) is 19.0. The van der Waals surface area contributed by atoms with Gasteiger partial charge in [0.05, 0.1) is 35.5 Å². The van der Waals surface area contributed by atoms with E-state index in [2.05, 4.69) is 15.6 Å². The van der Waals surface area contributed by atoms with Gasteiger partial charge in [0.2, 0.25) is 0 Å². The van der Waals surface area contributed by atoms with Gasteiger partial charge in [0.15, 0.2) is 5.11 Å². The molecule has 0 saturated carbocycles. The van der Waals surface area contributed by atoms with Gasteiger partial charge >= 0.3 is 5.97 Å². The normalized spacial score (nSPS) is 15.1. The third kappa shape index (κ3) is 4.91. The number of primary amides is 1. The van der Waals surface area contributed by atoms with E-state index in [1.165, 1.54) is 7.11 Å². The Kier molecular flexibility index (Phi) is 6.47. The van der Waals surface area contributed by atoms with Crippen molar-refractivity contribution in [3.63, 3.8) is 0 Å². The highest BCUT2D eigenvalue weighted by Crippen LogP contribution is 2.35. The summed E-state index contributed by atoms with van der Waals surface area (Å²) in [6, 6.07) is 9.40. The maximum Gasteiger partial charge on any atom is 0.328 e. The third-order valence-corrected chi connectivity index (χ3v) is 5.48. The molecule has 9 nitrogen and oxygen atoms in total. The minimum Gasteiger partial charge on any atom is -0.496 e. The van der Waals surface area contributed by atoms with Crippen molar-refractivity contribution >= 4 is 57.4 Å². The molecule has 1 saturated heterocycles. The van der Waals surface area contributed by atoms with Gasteiger partial charge in [0.1, 0.15) is 23.3 Å². The second-order valence-electron chi connectivity index (χ2n) is 7.09. The van der Waals surface area contributed by atoms with Crippen LogP contribution in [-0.2, 0) is 9.53 Å². The van der Waals surface area contributed by atoms with Crippen molar-refractivity contribution in [1.82, 2.24) is 10.3 Å². The van der Waals surface area contributed by atoms with Crippen molar-refractivity contribution in [2.24, 2.45) is 5.73 Å². The molecule has 2 heterocycles. The minimum atomic E-state index is -0.627. The standard InChI is InChI=1S/C22H19ClN4O5S/c1-30-19-10-17-12(9-13(19)20(24)28)18(4-6-25-17)32-11-2-3-15(14(23)8-11)26-22(33)27-16-5-7-31-21(16)29/h2-4,6,8-10,16H,5,7H2,1H3,(H2,24,28)(H2,26,27,33). The average molecular weight is 487 g/mol. The predicted octanol–water partition coefficient (Wildman–Crippen LogP) is 3.39. The zero-order valence-electron chi connectivity index (χ0n) is 17.4. The van der Waals surface area contributed by atoms with Crippen LogP contribution in [0.25, 0.3) is 10.9 Å². The number of ether oxygens (including phenoxy) is 3. The molecule has 1 atom stereocenters. The first-order chi connectivity index (χ1) is 15.9. The van der Waals surface area contributed by atoms with Crippen molar-refractivity contribution < 1.29 is 23.8 Å². The Balaban J connectivity index is 1.54. The molecule has 1 aromatic heterocycles. The highest BCUT2D eigenvalue weighted by atomic mass is 35.5. The minimum absolute atomic E-state index is 0.215. The van der Waals surface area contributed by atoms with Gasteiger partial charge in [-0.2, -0.15) is 0 Å². The second kappa shape index (κ2) is 9.47. The Hall–Kier alpha value is -3.63. The summed E-state index contributed by atoms with van der Waals surface area (Å²) in [6.45, 7) is 0.364. The van der Waals surface area contributed by atoms with E-state index < -0.39 is 11.9 Å². The van der Waals surface area contributed by atoms with E-state index in [0.29, 0.717) is 51.9 Å². The number of fused-ring (bicyclic) bond motifs is 1. The number of pyridine rings is 1. The molecule has 1 amide bonds. The maximum absolute atomic E-state index is 11.8. The molecule has 33 heavy (non-hydrogen) atoms. The lowest BCUT2D eigenvalue weighted by molar-refractivity contribution is -0.139. The fraction of sp³-hybridized carbons (Fsp3) is 0.182. The SMILES string of the molecule is COc1cc2nccc(Oc3ccc(NC(=S)NC4CCOC4=O)c(Cl)c3)c2cc1C(N)=O. The fourth-order valence-electron chi connectivity index (χ4n) is 3.33. The van der Waals surface area contributed by atoms with E-state index in [9.17, 15) is 9.59 Å². The molecule has 0 bridgehead atoms. The smallest absolute Gasteiger partial charge is 0.328 e. The molecular weight excluding hydrogens is 468 g/mol. The van der Waals surface area contributed by atoms with Crippen molar-refractivity contribution in [1.29, 1.82) is 0 Å². The number of nitrogens with one attached hydrogen (secondary N) is 2. The van der Waals surface area contributed by atoms with E-state index in [1.807, 2.05) is 0 Å². The van der Waals surface area contributed by atoms with E-state index in [4.69, 9.17) is 43.8 Å². The molecule has 1 unspecified atom stereocenters. The first-order valence-corrected chi connectivity index (χ1v) is 10.6. The van der Waals surface area contributed by atoms with Crippen LogP contribution in [0.1, 0.15) is 16.8 Å². The number of rotatable bonds is 6. The molecule has 1 aliphatic heterocycles. The number of anilines is 1. The summed E-state index contributed by atoms with van der Waals surface area (Å²) in [4.78, 5) is 27.7. The van der Waals surface area contributed by atoms with Crippen molar-refractivity contribution in [2.45, 2.75) is 12.5 Å². The summed E-state index contributed by atoms with van der Waals surface area (Å²) >= 11 is 11.7. The van der Waals surface area contributed by atoms with Crippen LogP contribution in [0, 0.1) is 0 Å². The predicted molar refractivity (Wildman–Crippen MR) is 127 cm³/mol. The number of halogens is 1. The molecule has 2 aromatic carbocycles. The Labute approximate surface area is 199 Å². The molecule has 0 spiro atoms. The number of nitrogens with zero attached hydrogens (tertiary/aromatic N) is 1. The number of carbonyl (C=O) groups excluding carboxylic acids is 2. The highest BCUT2D eigenvalue weighted by molar-refractivity contribution is 7.80. The molecule has 1 fully saturated rings. The topological polar surface area (TPSA) is 125 Å². The molecule has 4 N–H and O–H groups in total. The zero-order chi connectivity index (χ0) is 23.5. The van der Waals surface area contributed by atoms with Gasteiger partial charge < -0.3 is 30.6 Å². The van der Waals surface area contributed by atoms with E-state index in [1.54, 1.807) is 42.6 Å². The summed E-state index contributed by atoms with van der Waals surface area (Å²) in [6.07, 6.45) is 2.13. The first kappa shape index (κ1) is 22.6. The van der Waals surface area contributed by atoms with Crippen LogP contribution in [0.4, 0.5) is 5.69 Å². The monoisotopic (exact) mass is 486 g/mol. The van der Waals surface area contributed by atoms with E-state index in [0.717, 1.165) is 0 Å². The van der Waals surface area contributed by atoms with Crippen molar-refractivity contribution in [3.05, 3.63) is 53.2 Å². The number of benzene rings is 2. The number of hydrogen-bond donors (Lipinski definition) is 3. The van der Waals surface area contributed by atoms with Crippen LogP contribution < -0.4 is 25.8 Å². The Morgan fingerprint density at radius 3 is 2.76 bits per heavy atom. The van der Waals surface area contributed by atoms with Gasteiger partial charge in [0.25, 0.3) is 5.91 Å². The Bertz CT molecular complexity index is 1270. The summed E-state index contributed by atoms with van der Waals surface area (Å²) in [7, 11) is 1.45. The van der Waals surface area contributed by atoms with Crippen LogP contribution in [0.15, 0.2) is 42.6 Å². The van der Waals surface area contributed by atoms with Gasteiger partial charge in [-0.1, -0.05) is 11.6 Å². The Morgan fingerprint density at radius 2 is 2.09 bits per heavy atom. The average Bonchev–Trinajstić information content (AvgIpc) is 3.19. The molecule has 4 rings (SSSR count). The lowest BCUT2D eigenvalue weighted by atomic mass is 10.1. The van der Waals surface area contributed by atoms with Gasteiger partial charge in [-0.25, -0.2) is 4.79 Å². The van der Waals surface area contributed by atoms with Gasteiger partial charge in [-0.3, -0.25) is 9.78 Å². The lowest BCUT2D eigenvalue weighted by Gasteiger charge is -2.15. The number of nitrogens with two attached hydrogens (primary N) is 1. The van der Waals surface area contributed by atoms with Crippen LogP contribution in [-0.4, -0.2) is 41.7 Å². The molecule has 170 valence electrons. The first-order valence-electron chi connectivity index (χ1n) is 9.84. The fourth-order valence-corrected chi connectivity index (χ4v) is 3.80. The summed E-state index contributed by atoms with van der Waals surface area (Å²) in [5, 5.41) is 7.05. The third-order valence-electron chi connectivity index (χ3n) is 4.95. The van der Waals surface area contributed by atoms with Crippen molar-refractivity contribution in [3.8, 4) is 17.2 Å². The number of carbonyl (C=O) groups is 2.